The Kier molecular flexibility index (Phi) is 3.18. The summed E-state index contributed by atoms with van der Waals surface area (Å²) in [6.45, 7) is 0.0714. The molecule has 1 aliphatic heterocycles. The molecule has 0 saturated carbocycles. The molecule has 0 amide bonds. The van der Waals surface area contributed by atoms with Crippen molar-refractivity contribution >= 4 is 28.4 Å². The van der Waals surface area contributed by atoms with Gasteiger partial charge in [-0.2, -0.15) is 0 Å². The van der Waals surface area contributed by atoms with E-state index in [-0.39, 0.29) is 12.5 Å². The second-order valence-corrected chi connectivity index (χ2v) is 6.36. The van der Waals surface area contributed by atoms with Crippen molar-refractivity contribution in [2.75, 3.05) is 6.79 Å². The zero-order valence-corrected chi connectivity index (χ0v) is 13.8. The fourth-order valence-corrected chi connectivity index (χ4v) is 3.69. The topological polar surface area (TPSA) is 74.0 Å². The number of nitrogens with zero attached hydrogens (tertiary/aromatic N) is 2. The van der Waals surface area contributed by atoms with Gasteiger partial charge in [0.25, 0.3) is 5.69 Å². The van der Waals surface area contributed by atoms with Gasteiger partial charge in [-0.25, -0.2) is 0 Å². The Balaban J connectivity index is 1.62. The SMILES string of the molecule is O=[N+]([O-])c1cc2c(cc1C=Nc1ccc3c4c(cccc14)CC3)OCO2. The highest BCUT2D eigenvalue weighted by atomic mass is 16.7. The Morgan fingerprint density at radius 1 is 1.04 bits per heavy atom. The van der Waals surface area contributed by atoms with Gasteiger partial charge in [0.05, 0.1) is 22.2 Å². The molecule has 0 N–H and O–H groups in total. The van der Waals surface area contributed by atoms with E-state index in [2.05, 4.69) is 17.1 Å². The molecule has 1 aliphatic carbocycles. The minimum absolute atomic E-state index is 0.0519. The van der Waals surface area contributed by atoms with Crippen molar-refractivity contribution in [2.45, 2.75) is 12.8 Å². The van der Waals surface area contributed by atoms with Crippen molar-refractivity contribution in [3.63, 3.8) is 0 Å². The lowest BCUT2D eigenvalue weighted by molar-refractivity contribution is -0.385. The second-order valence-electron chi connectivity index (χ2n) is 6.36. The standard InChI is InChI=1S/C20H14N2O4/c23-22(24)17-9-19-18(25-11-26-19)8-14(17)10-21-16-7-6-13-5-4-12-2-1-3-15(16)20(12)13/h1-3,6-10H,4-5,11H2. The zero-order chi connectivity index (χ0) is 17.7. The number of hydrogen-bond acceptors (Lipinski definition) is 5. The Hall–Kier alpha value is -3.41. The van der Waals surface area contributed by atoms with E-state index >= 15 is 0 Å². The molecule has 6 nitrogen and oxygen atoms in total. The molecule has 0 spiro atoms. The lowest BCUT2D eigenvalue weighted by atomic mass is 10.0. The number of hydrogen-bond donors (Lipinski definition) is 0. The molecule has 1 heterocycles. The van der Waals surface area contributed by atoms with Crippen molar-refractivity contribution in [3.05, 3.63) is 69.3 Å². The van der Waals surface area contributed by atoms with Crippen LogP contribution in [0.15, 0.2) is 47.5 Å². The lowest BCUT2D eigenvalue weighted by Gasteiger charge is -2.05. The molecule has 0 unspecified atom stereocenters. The highest BCUT2D eigenvalue weighted by Gasteiger charge is 2.22. The highest BCUT2D eigenvalue weighted by molar-refractivity contribution is 6.00. The zero-order valence-electron chi connectivity index (χ0n) is 13.8. The van der Waals surface area contributed by atoms with Gasteiger partial charge in [-0.1, -0.05) is 24.3 Å². The van der Waals surface area contributed by atoms with Crippen molar-refractivity contribution in [2.24, 2.45) is 4.99 Å². The molecule has 2 aliphatic rings. The van der Waals surface area contributed by atoms with Gasteiger partial charge in [-0.15, -0.1) is 0 Å². The van der Waals surface area contributed by atoms with Crippen LogP contribution in [-0.2, 0) is 12.8 Å². The minimum atomic E-state index is -0.434. The van der Waals surface area contributed by atoms with Crippen LogP contribution in [0.3, 0.4) is 0 Å². The number of nitro benzene ring substituents is 1. The van der Waals surface area contributed by atoms with E-state index in [1.165, 1.54) is 28.8 Å². The molecule has 3 aromatic carbocycles. The van der Waals surface area contributed by atoms with E-state index in [0.717, 1.165) is 23.9 Å². The van der Waals surface area contributed by atoms with Crippen LogP contribution in [0.25, 0.3) is 10.8 Å². The number of rotatable bonds is 3. The number of nitro groups is 1. The fraction of sp³-hybridized carbons (Fsp3) is 0.150. The molecule has 5 rings (SSSR count). The highest BCUT2D eigenvalue weighted by Crippen LogP contribution is 2.39. The van der Waals surface area contributed by atoms with Crippen molar-refractivity contribution in [3.8, 4) is 11.5 Å². The number of ether oxygens (including phenoxy) is 2. The largest absolute Gasteiger partial charge is 0.454 e. The normalized spacial score (nSPS) is 14.5. The summed E-state index contributed by atoms with van der Waals surface area (Å²) in [7, 11) is 0. The first kappa shape index (κ1) is 14.9. The molecule has 0 saturated heterocycles. The Morgan fingerprint density at radius 2 is 1.81 bits per heavy atom. The molecule has 0 fully saturated rings. The molecule has 0 aromatic heterocycles. The third kappa shape index (κ3) is 2.23. The minimum Gasteiger partial charge on any atom is -0.454 e. The van der Waals surface area contributed by atoms with E-state index in [4.69, 9.17) is 9.47 Å². The third-order valence-electron chi connectivity index (χ3n) is 4.92. The first-order chi connectivity index (χ1) is 12.7. The maximum absolute atomic E-state index is 11.4. The third-order valence-corrected chi connectivity index (χ3v) is 4.92. The summed E-state index contributed by atoms with van der Waals surface area (Å²) >= 11 is 0. The maximum atomic E-state index is 11.4. The van der Waals surface area contributed by atoms with Crippen molar-refractivity contribution in [1.29, 1.82) is 0 Å². The summed E-state index contributed by atoms with van der Waals surface area (Å²) < 4.78 is 10.6. The first-order valence-corrected chi connectivity index (χ1v) is 8.36. The molecule has 0 atom stereocenters. The molecule has 26 heavy (non-hydrogen) atoms. The van der Waals surface area contributed by atoms with Gasteiger partial charge in [-0.05, 0) is 41.5 Å². The van der Waals surface area contributed by atoms with E-state index in [0.29, 0.717) is 17.1 Å². The quantitative estimate of drug-likeness (QED) is 0.402. The van der Waals surface area contributed by atoms with E-state index in [1.807, 2.05) is 18.2 Å². The van der Waals surface area contributed by atoms with E-state index in [9.17, 15) is 10.1 Å². The average molecular weight is 346 g/mol. The predicted octanol–water partition coefficient (Wildman–Crippen LogP) is 4.33. The second kappa shape index (κ2) is 5.56. The summed E-state index contributed by atoms with van der Waals surface area (Å²) in [5.41, 5.74) is 3.82. The number of aryl methyl sites for hydroxylation is 2. The van der Waals surface area contributed by atoms with Gasteiger partial charge in [0, 0.05) is 11.6 Å². The van der Waals surface area contributed by atoms with Gasteiger partial charge < -0.3 is 9.47 Å². The number of benzene rings is 3. The molecule has 6 heteroatoms. The van der Waals surface area contributed by atoms with Crippen LogP contribution < -0.4 is 9.47 Å². The first-order valence-electron chi connectivity index (χ1n) is 8.36. The summed E-state index contributed by atoms with van der Waals surface area (Å²) in [5, 5.41) is 13.7. The molecular weight excluding hydrogens is 332 g/mol. The van der Waals surface area contributed by atoms with Gasteiger partial charge >= 0.3 is 0 Å². The predicted molar refractivity (Wildman–Crippen MR) is 97.8 cm³/mol. The number of fused-ring (bicyclic) bond motifs is 1. The molecule has 0 radical (unpaired) electrons. The Bertz CT molecular complexity index is 1090. The van der Waals surface area contributed by atoms with Gasteiger partial charge in [0.2, 0.25) is 6.79 Å². The van der Waals surface area contributed by atoms with E-state index in [1.54, 1.807) is 6.07 Å². The van der Waals surface area contributed by atoms with Gasteiger partial charge in [-0.3, -0.25) is 15.1 Å². The maximum Gasteiger partial charge on any atom is 0.282 e. The van der Waals surface area contributed by atoms with Crippen molar-refractivity contribution < 1.29 is 14.4 Å². The molecule has 3 aromatic rings. The molecular formula is C20H14N2O4. The average Bonchev–Trinajstić information content (AvgIpc) is 3.28. The smallest absolute Gasteiger partial charge is 0.282 e. The van der Waals surface area contributed by atoms with Crippen LogP contribution in [0.1, 0.15) is 16.7 Å². The Morgan fingerprint density at radius 3 is 2.62 bits per heavy atom. The van der Waals surface area contributed by atoms with Gasteiger partial charge in [0.1, 0.15) is 0 Å². The summed E-state index contributed by atoms with van der Waals surface area (Å²) in [5.74, 6) is 0.886. The van der Waals surface area contributed by atoms with Crippen LogP contribution in [0.2, 0.25) is 0 Å². The summed E-state index contributed by atoms with van der Waals surface area (Å²) in [6, 6.07) is 13.3. The van der Waals surface area contributed by atoms with Crippen molar-refractivity contribution in [1.82, 2.24) is 0 Å². The van der Waals surface area contributed by atoms with Crippen LogP contribution in [0, 0.1) is 10.1 Å². The van der Waals surface area contributed by atoms with E-state index < -0.39 is 4.92 Å². The van der Waals surface area contributed by atoms with Gasteiger partial charge in [0.15, 0.2) is 11.5 Å². The molecule has 0 bridgehead atoms. The monoisotopic (exact) mass is 346 g/mol. The lowest BCUT2D eigenvalue weighted by Crippen LogP contribution is -1.95. The van der Waals surface area contributed by atoms with Crippen LogP contribution in [-0.4, -0.2) is 17.9 Å². The van der Waals surface area contributed by atoms with Crippen LogP contribution in [0.5, 0.6) is 11.5 Å². The molecule has 128 valence electrons. The summed E-state index contributed by atoms with van der Waals surface area (Å²) in [4.78, 5) is 15.5. The number of aliphatic imine (C=N–C) groups is 1. The van der Waals surface area contributed by atoms with Crippen LogP contribution in [0.4, 0.5) is 11.4 Å². The fourth-order valence-electron chi connectivity index (χ4n) is 3.69. The Labute approximate surface area is 148 Å². The van der Waals surface area contributed by atoms with Crippen LogP contribution >= 0.6 is 0 Å². The summed E-state index contributed by atoms with van der Waals surface area (Å²) in [6.07, 6.45) is 3.63.